The molecule has 0 heterocycles. The molecule has 1 fully saturated rings. The van der Waals surface area contributed by atoms with Crippen LogP contribution in [0.2, 0.25) is 0 Å². The fourth-order valence-corrected chi connectivity index (χ4v) is 2.77. The maximum Gasteiger partial charge on any atom is 0.267 e. The highest BCUT2D eigenvalue weighted by atomic mass is 16.5. The zero-order valence-electron chi connectivity index (χ0n) is 18.5. The van der Waals surface area contributed by atoms with Gasteiger partial charge in [-0.05, 0) is 66.8 Å². The fourth-order valence-electron chi connectivity index (χ4n) is 2.77. The van der Waals surface area contributed by atoms with Crippen molar-refractivity contribution in [3.05, 3.63) is 65.4 Å². The highest BCUT2D eigenvalue weighted by Crippen LogP contribution is 2.27. The molecule has 1 aliphatic rings. The molecule has 0 bridgehead atoms. The lowest BCUT2D eigenvalue weighted by atomic mass is 10.1. The second-order valence-corrected chi connectivity index (χ2v) is 8.11. The predicted octanol–water partition coefficient (Wildman–Crippen LogP) is 3.14. The monoisotopic (exact) mass is 438 g/mol. The van der Waals surface area contributed by atoms with E-state index in [-0.39, 0.29) is 18.8 Å². The van der Waals surface area contributed by atoms with Crippen LogP contribution in [0.3, 0.4) is 0 Å². The van der Waals surface area contributed by atoms with Gasteiger partial charge in [-0.25, -0.2) is 0 Å². The van der Waals surface area contributed by atoms with Crippen LogP contribution in [-0.2, 0) is 4.79 Å². The number of amides is 2. The van der Waals surface area contributed by atoms with Gasteiger partial charge < -0.3 is 25.2 Å². The van der Waals surface area contributed by atoms with Crippen LogP contribution < -0.4 is 20.1 Å². The van der Waals surface area contributed by atoms with Crippen LogP contribution in [0.25, 0.3) is 6.08 Å². The van der Waals surface area contributed by atoms with E-state index in [4.69, 9.17) is 14.6 Å². The summed E-state index contributed by atoms with van der Waals surface area (Å²) in [5.41, 5.74) is 1.22. The van der Waals surface area contributed by atoms with Crippen molar-refractivity contribution in [2.75, 3.05) is 19.8 Å². The van der Waals surface area contributed by atoms with Gasteiger partial charge in [0.2, 0.25) is 0 Å². The van der Waals surface area contributed by atoms with Crippen LogP contribution in [0.5, 0.6) is 11.5 Å². The summed E-state index contributed by atoms with van der Waals surface area (Å²) < 4.78 is 11.4. The van der Waals surface area contributed by atoms with E-state index in [1.165, 1.54) is 0 Å². The lowest BCUT2D eigenvalue weighted by molar-refractivity contribution is -0.117. The van der Waals surface area contributed by atoms with E-state index in [9.17, 15) is 9.59 Å². The molecule has 32 heavy (non-hydrogen) atoms. The molecule has 0 spiro atoms. The Bertz CT molecular complexity index is 932. The van der Waals surface area contributed by atoms with E-state index < -0.39 is 11.8 Å². The second-order valence-electron chi connectivity index (χ2n) is 8.11. The number of carbonyl (C=O) groups excluding carboxylic acids is 2. The Kier molecular flexibility index (Phi) is 8.27. The molecule has 3 rings (SSSR count). The van der Waals surface area contributed by atoms with Gasteiger partial charge >= 0.3 is 0 Å². The Morgan fingerprint density at radius 2 is 1.72 bits per heavy atom. The fraction of sp³-hybridized carbons (Fsp3) is 0.360. The number of rotatable bonds is 11. The molecule has 7 heteroatoms. The van der Waals surface area contributed by atoms with E-state index in [1.807, 2.05) is 24.3 Å². The average Bonchev–Trinajstić information content (AvgIpc) is 3.61. The Morgan fingerprint density at radius 1 is 1.06 bits per heavy atom. The number of aliphatic hydroxyl groups excluding tert-OH is 1. The first kappa shape index (κ1) is 23.3. The molecule has 1 aliphatic carbocycles. The summed E-state index contributed by atoms with van der Waals surface area (Å²) in [6, 6.07) is 14.1. The molecule has 2 amide bonds. The van der Waals surface area contributed by atoms with Crippen LogP contribution in [0.1, 0.15) is 42.6 Å². The lowest BCUT2D eigenvalue weighted by Crippen LogP contribution is -2.36. The van der Waals surface area contributed by atoms with Crippen molar-refractivity contribution in [2.45, 2.75) is 32.8 Å². The smallest absolute Gasteiger partial charge is 0.267 e. The SMILES string of the molecule is CC(C)COc1ccc(C(=O)N/C(=C/c2ccc(OC3CC3)cc2)C(=O)NCCO)cc1. The summed E-state index contributed by atoms with van der Waals surface area (Å²) in [5.74, 6) is 0.958. The Labute approximate surface area is 188 Å². The molecule has 7 nitrogen and oxygen atoms in total. The zero-order chi connectivity index (χ0) is 22.9. The maximum atomic E-state index is 12.7. The van der Waals surface area contributed by atoms with Gasteiger partial charge in [0.05, 0.1) is 19.3 Å². The van der Waals surface area contributed by atoms with Crippen molar-refractivity contribution in [1.82, 2.24) is 10.6 Å². The Hall–Kier alpha value is -3.32. The molecule has 0 saturated heterocycles. The van der Waals surface area contributed by atoms with Crippen molar-refractivity contribution in [1.29, 1.82) is 0 Å². The highest BCUT2D eigenvalue weighted by molar-refractivity contribution is 6.05. The van der Waals surface area contributed by atoms with E-state index >= 15 is 0 Å². The molecule has 170 valence electrons. The normalized spacial score (nSPS) is 13.6. The van der Waals surface area contributed by atoms with Crippen molar-refractivity contribution in [2.24, 2.45) is 5.92 Å². The van der Waals surface area contributed by atoms with Gasteiger partial charge in [0.1, 0.15) is 17.2 Å². The second kappa shape index (κ2) is 11.3. The van der Waals surface area contributed by atoms with Crippen LogP contribution in [0.15, 0.2) is 54.2 Å². The minimum atomic E-state index is -0.484. The molecular formula is C25H30N2O5. The van der Waals surface area contributed by atoms with E-state index in [0.717, 1.165) is 24.2 Å². The van der Waals surface area contributed by atoms with Crippen molar-refractivity contribution >= 4 is 17.9 Å². The number of benzene rings is 2. The topological polar surface area (TPSA) is 96.9 Å². The summed E-state index contributed by atoms with van der Waals surface area (Å²) >= 11 is 0. The lowest BCUT2D eigenvalue weighted by Gasteiger charge is -2.12. The summed E-state index contributed by atoms with van der Waals surface area (Å²) in [6.45, 7) is 4.60. The largest absolute Gasteiger partial charge is 0.493 e. The molecule has 0 radical (unpaired) electrons. The van der Waals surface area contributed by atoms with Crippen LogP contribution >= 0.6 is 0 Å². The van der Waals surface area contributed by atoms with Gasteiger partial charge in [0.25, 0.3) is 11.8 Å². The minimum absolute atomic E-state index is 0.0828. The standard InChI is InChI=1S/C25H30N2O5/c1-17(2)16-31-20-9-5-19(6-10-20)24(29)27-23(25(30)26-13-14-28)15-18-3-7-21(8-4-18)32-22-11-12-22/h3-10,15,17,22,28H,11-14,16H2,1-2H3,(H,26,30)(H,27,29)/b23-15+. The molecule has 0 unspecified atom stereocenters. The van der Waals surface area contributed by atoms with Gasteiger partial charge in [-0.2, -0.15) is 0 Å². The van der Waals surface area contributed by atoms with Crippen molar-refractivity contribution < 1.29 is 24.2 Å². The van der Waals surface area contributed by atoms with Gasteiger partial charge in [-0.3, -0.25) is 9.59 Å². The quantitative estimate of drug-likeness (QED) is 0.469. The van der Waals surface area contributed by atoms with Crippen LogP contribution in [0.4, 0.5) is 0 Å². The Balaban J connectivity index is 1.71. The highest BCUT2D eigenvalue weighted by Gasteiger charge is 2.23. The van der Waals surface area contributed by atoms with Crippen LogP contribution in [-0.4, -0.2) is 42.8 Å². The molecule has 3 N–H and O–H groups in total. The number of hydrogen-bond acceptors (Lipinski definition) is 5. The van der Waals surface area contributed by atoms with Gasteiger partial charge in [0.15, 0.2) is 0 Å². The van der Waals surface area contributed by atoms with E-state index in [1.54, 1.807) is 30.3 Å². The van der Waals surface area contributed by atoms with Gasteiger partial charge in [-0.15, -0.1) is 0 Å². The molecule has 0 aliphatic heterocycles. The summed E-state index contributed by atoms with van der Waals surface area (Å²) in [6.07, 6.45) is 4.05. The predicted molar refractivity (Wildman–Crippen MR) is 122 cm³/mol. The molecule has 1 saturated carbocycles. The first-order valence-electron chi connectivity index (χ1n) is 10.9. The number of aliphatic hydroxyl groups is 1. The van der Waals surface area contributed by atoms with Gasteiger partial charge in [0, 0.05) is 12.1 Å². The maximum absolute atomic E-state index is 12.7. The van der Waals surface area contributed by atoms with E-state index in [0.29, 0.717) is 29.9 Å². The first-order valence-corrected chi connectivity index (χ1v) is 10.9. The number of carbonyl (C=O) groups is 2. The number of hydrogen-bond donors (Lipinski definition) is 3. The molecular weight excluding hydrogens is 408 g/mol. The summed E-state index contributed by atoms with van der Waals surface area (Å²) in [4.78, 5) is 25.3. The molecule has 2 aromatic rings. The zero-order valence-corrected chi connectivity index (χ0v) is 18.5. The van der Waals surface area contributed by atoms with Crippen molar-refractivity contribution in [3.63, 3.8) is 0 Å². The molecule has 0 atom stereocenters. The molecule has 0 aromatic heterocycles. The first-order chi connectivity index (χ1) is 15.4. The minimum Gasteiger partial charge on any atom is -0.493 e. The Morgan fingerprint density at radius 3 is 2.31 bits per heavy atom. The third-order valence-corrected chi connectivity index (χ3v) is 4.61. The van der Waals surface area contributed by atoms with E-state index in [2.05, 4.69) is 24.5 Å². The third kappa shape index (κ3) is 7.42. The summed E-state index contributed by atoms with van der Waals surface area (Å²) in [5, 5.41) is 14.3. The van der Waals surface area contributed by atoms with Gasteiger partial charge in [-0.1, -0.05) is 26.0 Å². The average molecular weight is 439 g/mol. The number of ether oxygens (including phenoxy) is 2. The van der Waals surface area contributed by atoms with Crippen LogP contribution in [0, 0.1) is 5.92 Å². The number of nitrogens with one attached hydrogen (secondary N) is 2. The summed E-state index contributed by atoms with van der Waals surface area (Å²) in [7, 11) is 0. The third-order valence-electron chi connectivity index (χ3n) is 4.61. The van der Waals surface area contributed by atoms with Crippen molar-refractivity contribution in [3.8, 4) is 11.5 Å². The molecule has 2 aromatic carbocycles.